The third kappa shape index (κ3) is 2.43. The SMILES string of the molecule is O=C1CSCN1CC(=O)N1CCC(O)C1. The first-order valence-corrected chi connectivity index (χ1v) is 6.13. The van der Waals surface area contributed by atoms with Crippen LogP contribution in [0.3, 0.4) is 0 Å². The van der Waals surface area contributed by atoms with E-state index in [4.69, 9.17) is 0 Å². The number of hydrogen-bond acceptors (Lipinski definition) is 4. The zero-order valence-corrected chi connectivity index (χ0v) is 9.20. The molecule has 15 heavy (non-hydrogen) atoms. The molecule has 1 atom stereocenters. The van der Waals surface area contributed by atoms with Crippen LogP contribution in [-0.2, 0) is 9.59 Å². The van der Waals surface area contributed by atoms with E-state index in [9.17, 15) is 14.7 Å². The number of amides is 2. The molecule has 2 heterocycles. The molecular weight excluding hydrogens is 216 g/mol. The third-order valence-electron chi connectivity index (χ3n) is 2.67. The van der Waals surface area contributed by atoms with E-state index in [0.717, 1.165) is 0 Å². The molecule has 0 saturated carbocycles. The summed E-state index contributed by atoms with van der Waals surface area (Å²) in [7, 11) is 0. The molecule has 84 valence electrons. The molecule has 2 fully saturated rings. The van der Waals surface area contributed by atoms with Crippen LogP contribution in [0.4, 0.5) is 0 Å². The number of β-amino-alcohol motifs (C(OH)–C–C–N with tert-alkyl or cyclic N) is 1. The molecule has 0 spiro atoms. The fraction of sp³-hybridized carbons (Fsp3) is 0.778. The second kappa shape index (κ2) is 4.40. The molecule has 0 aliphatic carbocycles. The van der Waals surface area contributed by atoms with E-state index in [1.807, 2.05) is 0 Å². The first-order chi connectivity index (χ1) is 7.16. The molecule has 2 rings (SSSR count). The number of thioether (sulfide) groups is 1. The summed E-state index contributed by atoms with van der Waals surface area (Å²) >= 11 is 1.53. The average molecular weight is 230 g/mol. The van der Waals surface area contributed by atoms with Crippen LogP contribution in [0.5, 0.6) is 0 Å². The fourth-order valence-corrected chi connectivity index (χ4v) is 2.68. The zero-order chi connectivity index (χ0) is 10.8. The molecule has 2 amide bonds. The summed E-state index contributed by atoms with van der Waals surface area (Å²) in [6.07, 6.45) is 0.256. The van der Waals surface area contributed by atoms with Crippen LogP contribution in [0.15, 0.2) is 0 Å². The molecule has 2 saturated heterocycles. The minimum absolute atomic E-state index is 0.0353. The van der Waals surface area contributed by atoms with Gasteiger partial charge in [-0.2, -0.15) is 0 Å². The van der Waals surface area contributed by atoms with Crippen molar-refractivity contribution in [3.8, 4) is 0 Å². The standard InChI is InChI=1S/C9H14N2O3S/c12-7-1-2-10(3-7)8(13)4-11-6-15-5-9(11)14/h7,12H,1-6H2. The lowest BCUT2D eigenvalue weighted by Crippen LogP contribution is -2.40. The monoisotopic (exact) mass is 230 g/mol. The third-order valence-corrected chi connectivity index (χ3v) is 3.61. The normalized spacial score (nSPS) is 26.5. The first kappa shape index (κ1) is 10.8. The highest BCUT2D eigenvalue weighted by molar-refractivity contribution is 8.00. The van der Waals surface area contributed by atoms with Crippen LogP contribution >= 0.6 is 11.8 Å². The summed E-state index contributed by atoms with van der Waals surface area (Å²) in [5.74, 6) is 1.08. The molecule has 1 N–H and O–H groups in total. The van der Waals surface area contributed by atoms with E-state index in [2.05, 4.69) is 0 Å². The van der Waals surface area contributed by atoms with Crippen molar-refractivity contribution >= 4 is 23.6 Å². The van der Waals surface area contributed by atoms with Gasteiger partial charge in [-0.15, -0.1) is 11.8 Å². The zero-order valence-electron chi connectivity index (χ0n) is 8.39. The predicted octanol–water partition coefficient (Wildman–Crippen LogP) is -0.888. The summed E-state index contributed by atoms with van der Waals surface area (Å²) in [5.41, 5.74) is 0. The molecule has 0 aromatic rings. The van der Waals surface area contributed by atoms with Gasteiger partial charge >= 0.3 is 0 Å². The molecule has 2 aliphatic rings. The minimum atomic E-state index is -0.391. The lowest BCUT2D eigenvalue weighted by Gasteiger charge is -2.20. The second-order valence-electron chi connectivity index (χ2n) is 3.85. The Morgan fingerprint density at radius 3 is 2.93 bits per heavy atom. The highest BCUT2D eigenvalue weighted by atomic mass is 32.2. The Morgan fingerprint density at radius 2 is 2.40 bits per heavy atom. The van der Waals surface area contributed by atoms with E-state index < -0.39 is 6.10 Å². The largest absolute Gasteiger partial charge is 0.391 e. The first-order valence-electron chi connectivity index (χ1n) is 4.98. The van der Waals surface area contributed by atoms with E-state index in [1.165, 1.54) is 11.8 Å². The topological polar surface area (TPSA) is 60.9 Å². The maximum Gasteiger partial charge on any atom is 0.242 e. The van der Waals surface area contributed by atoms with Gasteiger partial charge in [0.05, 0.1) is 17.7 Å². The van der Waals surface area contributed by atoms with Crippen LogP contribution in [-0.4, -0.2) is 64.1 Å². The molecule has 0 aromatic carbocycles. The Hall–Kier alpha value is -0.750. The number of carbonyl (C=O) groups excluding carboxylic acids is 2. The summed E-state index contributed by atoms with van der Waals surface area (Å²) in [6.45, 7) is 1.18. The highest BCUT2D eigenvalue weighted by Gasteiger charge is 2.28. The number of aliphatic hydroxyl groups excluding tert-OH is 1. The number of likely N-dealkylation sites (tertiary alicyclic amines) is 1. The fourth-order valence-electron chi connectivity index (χ4n) is 1.77. The van der Waals surface area contributed by atoms with E-state index in [0.29, 0.717) is 31.1 Å². The van der Waals surface area contributed by atoms with Crippen molar-refractivity contribution in [3.63, 3.8) is 0 Å². The van der Waals surface area contributed by atoms with Crippen molar-refractivity contribution in [2.24, 2.45) is 0 Å². The van der Waals surface area contributed by atoms with Crippen LogP contribution in [0.2, 0.25) is 0 Å². The molecule has 1 unspecified atom stereocenters. The minimum Gasteiger partial charge on any atom is -0.391 e. The van der Waals surface area contributed by atoms with Gasteiger partial charge in [0.1, 0.15) is 6.54 Å². The van der Waals surface area contributed by atoms with Gasteiger partial charge in [-0.25, -0.2) is 0 Å². The van der Waals surface area contributed by atoms with Gasteiger partial charge in [0.15, 0.2) is 0 Å². The van der Waals surface area contributed by atoms with Crippen molar-refractivity contribution < 1.29 is 14.7 Å². The van der Waals surface area contributed by atoms with Gasteiger partial charge < -0.3 is 14.9 Å². The van der Waals surface area contributed by atoms with Gasteiger partial charge in [0.25, 0.3) is 0 Å². The lowest BCUT2D eigenvalue weighted by atomic mass is 10.3. The van der Waals surface area contributed by atoms with Gasteiger partial charge in [0.2, 0.25) is 11.8 Å². The lowest BCUT2D eigenvalue weighted by molar-refractivity contribution is -0.137. The van der Waals surface area contributed by atoms with Crippen LogP contribution < -0.4 is 0 Å². The number of carbonyl (C=O) groups is 2. The van der Waals surface area contributed by atoms with Crippen LogP contribution in [0.1, 0.15) is 6.42 Å². The molecular formula is C9H14N2O3S. The molecule has 2 aliphatic heterocycles. The Balaban J connectivity index is 1.84. The van der Waals surface area contributed by atoms with Crippen molar-refractivity contribution in [2.75, 3.05) is 31.3 Å². The maximum atomic E-state index is 11.7. The molecule has 0 radical (unpaired) electrons. The number of nitrogens with zero attached hydrogens (tertiary/aromatic N) is 2. The van der Waals surface area contributed by atoms with E-state index >= 15 is 0 Å². The summed E-state index contributed by atoms with van der Waals surface area (Å²) < 4.78 is 0. The average Bonchev–Trinajstić information content (AvgIpc) is 2.77. The summed E-state index contributed by atoms with van der Waals surface area (Å²) in [6, 6.07) is 0. The van der Waals surface area contributed by atoms with Gasteiger partial charge in [-0.05, 0) is 6.42 Å². The van der Waals surface area contributed by atoms with Crippen molar-refractivity contribution in [1.29, 1.82) is 0 Å². The quantitative estimate of drug-likeness (QED) is 0.669. The molecule has 6 heteroatoms. The van der Waals surface area contributed by atoms with Crippen LogP contribution in [0, 0.1) is 0 Å². The predicted molar refractivity (Wildman–Crippen MR) is 56.2 cm³/mol. The van der Waals surface area contributed by atoms with Crippen molar-refractivity contribution in [2.45, 2.75) is 12.5 Å². The smallest absolute Gasteiger partial charge is 0.242 e. The second-order valence-corrected chi connectivity index (χ2v) is 4.81. The van der Waals surface area contributed by atoms with Crippen molar-refractivity contribution in [3.05, 3.63) is 0 Å². The maximum absolute atomic E-state index is 11.7. The molecule has 0 aromatic heterocycles. The van der Waals surface area contributed by atoms with E-state index in [-0.39, 0.29) is 18.4 Å². The number of aliphatic hydroxyl groups is 1. The summed E-state index contributed by atoms with van der Waals surface area (Å²) in [4.78, 5) is 26.2. The highest BCUT2D eigenvalue weighted by Crippen LogP contribution is 2.16. The number of rotatable bonds is 2. The van der Waals surface area contributed by atoms with E-state index in [1.54, 1.807) is 9.80 Å². The molecule has 5 nitrogen and oxygen atoms in total. The Bertz CT molecular complexity index is 285. The van der Waals surface area contributed by atoms with Crippen LogP contribution in [0.25, 0.3) is 0 Å². The summed E-state index contributed by atoms with van der Waals surface area (Å²) in [5, 5.41) is 9.28. The molecule has 0 bridgehead atoms. The van der Waals surface area contributed by atoms with Gasteiger partial charge in [0, 0.05) is 13.1 Å². The number of hydrogen-bond donors (Lipinski definition) is 1. The Kier molecular flexibility index (Phi) is 3.16. The van der Waals surface area contributed by atoms with Crippen molar-refractivity contribution in [1.82, 2.24) is 9.80 Å². The Labute approximate surface area is 92.4 Å². The van der Waals surface area contributed by atoms with Gasteiger partial charge in [-0.1, -0.05) is 0 Å². The van der Waals surface area contributed by atoms with Gasteiger partial charge in [-0.3, -0.25) is 9.59 Å². The Morgan fingerprint density at radius 1 is 1.60 bits per heavy atom.